The highest BCUT2D eigenvalue weighted by atomic mass is 32.1. The van der Waals surface area contributed by atoms with Crippen molar-refractivity contribution >= 4 is 28.8 Å². The van der Waals surface area contributed by atoms with Crippen LogP contribution in [0.15, 0.2) is 47.1 Å². The molecule has 0 aliphatic carbocycles. The van der Waals surface area contributed by atoms with Gasteiger partial charge in [-0.3, -0.25) is 9.59 Å². The molecule has 2 amide bonds. The molecule has 1 aromatic carbocycles. The highest BCUT2D eigenvalue weighted by Crippen LogP contribution is 2.15. The first kappa shape index (κ1) is 19.6. The first-order chi connectivity index (χ1) is 13.5. The average Bonchev–Trinajstić information content (AvgIpc) is 3.33. The quantitative estimate of drug-likeness (QED) is 0.620. The van der Waals surface area contributed by atoms with E-state index in [1.807, 2.05) is 0 Å². The second-order valence-corrected chi connectivity index (χ2v) is 6.85. The third-order valence-electron chi connectivity index (χ3n) is 3.59. The van der Waals surface area contributed by atoms with Crippen LogP contribution in [0.3, 0.4) is 0 Å². The maximum absolute atomic E-state index is 13.2. The number of benzene rings is 1. The largest absolute Gasteiger partial charge is 0.467 e. The Bertz CT molecular complexity index is 945. The highest BCUT2D eigenvalue weighted by molar-refractivity contribution is 7.13. The molecule has 10 heteroatoms. The van der Waals surface area contributed by atoms with Gasteiger partial charge in [0.1, 0.15) is 29.8 Å². The van der Waals surface area contributed by atoms with Gasteiger partial charge >= 0.3 is 0 Å². The molecule has 0 unspecified atom stereocenters. The van der Waals surface area contributed by atoms with Gasteiger partial charge in [0.15, 0.2) is 0 Å². The predicted octanol–water partition coefficient (Wildman–Crippen LogP) is 2.70. The van der Waals surface area contributed by atoms with Crippen LogP contribution in [0.5, 0.6) is 0 Å². The van der Waals surface area contributed by atoms with Crippen LogP contribution in [-0.2, 0) is 22.7 Å². The van der Waals surface area contributed by atoms with Crippen molar-refractivity contribution in [2.24, 2.45) is 0 Å². The third kappa shape index (κ3) is 5.44. The molecule has 2 heterocycles. The average molecular weight is 404 g/mol. The van der Waals surface area contributed by atoms with Crippen LogP contribution >= 0.6 is 11.3 Å². The van der Waals surface area contributed by atoms with Crippen molar-refractivity contribution in [3.8, 4) is 0 Å². The smallest absolute Gasteiger partial charge is 0.286 e. The summed E-state index contributed by atoms with van der Waals surface area (Å²) < 4.78 is 23.7. The Morgan fingerprint density at radius 3 is 2.89 bits per heavy atom. The number of nitrogens with one attached hydrogen (secondary N) is 1. The molecule has 0 aliphatic heterocycles. The molecule has 0 aliphatic rings. The van der Waals surface area contributed by atoms with E-state index in [2.05, 4.69) is 15.5 Å². The summed E-state index contributed by atoms with van der Waals surface area (Å²) in [6.45, 7) is 0.255. The van der Waals surface area contributed by atoms with E-state index >= 15 is 0 Å². The zero-order valence-electron chi connectivity index (χ0n) is 14.9. The summed E-state index contributed by atoms with van der Waals surface area (Å²) in [6, 6.07) is 9.07. The van der Waals surface area contributed by atoms with Gasteiger partial charge in [-0.25, -0.2) is 4.39 Å². The molecule has 28 heavy (non-hydrogen) atoms. The lowest BCUT2D eigenvalue weighted by molar-refractivity contribution is -0.136. The molecule has 146 valence electrons. The molecule has 2 aromatic heterocycles. The van der Waals surface area contributed by atoms with Gasteiger partial charge in [0.05, 0.1) is 12.8 Å². The van der Waals surface area contributed by atoms with E-state index in [0.717, 1.165) is 11.3 Å². The number of carbonyl (C=O) groups excluding carboxylic acids is 2. The summed E-state index contributed by atoms with van der Waals surface area (Å²) in [7, 11) is 1.65. The number of likely N-dealkylation sites (N-methyl/N-ethyl adjacent to an activating group) is 1. The van der Waals surface area contributed by atoms with Crippen LogP contribution in [0.1, 0.15) is 20.6 Å². The summed E-state index contributed by atoms with van der Waals surface area (Å²) in [6.07, 6.45) is 1.54. The number of halogens is 1. The molecule has 0 saturated heterocycles. The molecule has 0 radical (unpaired) electrons. The summed E-state index contributed by atoms with van der Waals surface area (Å²) in [4.78, 5) is 25.6. The molecule has 0 atom stereocenters. The van der Waals surface area contributed by atoms with E-state index < -0.39 is 11.7 Å². The van der Waals surface area contributed by atoms with Gasteiger partial charge in [-0.05, 0) is 30.3 Å². The molecular weight excluding hydrogens is 387 g/mol. The minimum atomic E-state index is -0.497. The van der Waals surface area contributed by atoms with Crippen LogP contribution in [0.4, 0.5) is 10.1 Å². The number of ether oxygens (including phenoxy) is 1. The lowest BCUT2D eigenvalue weighted by Crippen LogP contribution is -2.29. The Morgan fingerprint density at radius 1 is 1.29 bits per heavy atom. The number of hydrogen-bond acceptors (Lipinski definition) is 7. The summed E-state index contributed by atoms with van der Waals surface area (Å²) in [5.41, 5.74) is 0.322. The standard InChI is InChI=1S/C18H17FN4O4S/c1-23(9-14-6-3-7-27-14)16(24)11-26-10-15-21-22-18(28-15)17(25)20-13-5-2-4-12(19)8-13/h2-8H,9-11H2,1H3,(H,20,25). The zero-order valence-corrected chi connectivity index (χ0v) is 15.7. The molecule has 3 rings (SSSR count). The number of anilines is 1. The van der Waals surface area contributed by atoms with E-state index in [1.165, 1.54) is 23.1 Å². The van der Waals surface area contributed by atoms with E-state index in [9.17, 15) is 14.0 Å². The Morgan fingerprint density at radius 2 is 2.14 bits per heavy atom. The number of nitrogens with zero attached hydrogens (tertiary/aromatic N) is 3. The SMILES string of the molecule is CN(Cc1ccco1)C(=O)COCc1nnc(C(=O)Nc2cccc(F)c2)s1. The van der Waals surface area contributed by atoms with E-state index in [0.29, 0.717) is 23.0 Å². The van der Waals surface area contributed by atoms with Gasteiger partial charge in [0.2, 0.25) is 10.9 Å². The minimum absolute atomic E-state index is 0.0469. The first-order valence-electron chi connectivity index (χ1n) is 8.24. The maximum atomic E-state index is 13.2. The monoisotopic (exact) mass is 404 g/mol. The molecule has 0 fully saturated rings. The molecule has 3 aromatic rings. The number of furan rings is 1. The minimum Gasteiger partial charge on any atom is -0.467 e. The van der Waals surface area contributed by atoms with Crippen molar-refractivity contribution in [3.63, 3.8) is 0 Å². The zero-order chi connectivity index (χ0) is 19.9. The fraction of sp³-hybridized carbons (Fsp3) is 0.222. The third-order valence-corrected chi connectivity index (χ3v) is 4.49. The lowest BCUT2D eigenvalue weighted by Gasteiger charge is -2.15. The fourth-order valence-electron chi connectivity index (χ4n) is 2.21. The number of hydrogen-bond donors (Lipinski definition) is 1. The van der Waals surface area contributed by atoms with Crippen molar-refractivity contribution < 1.29 is 23.1 Å². The number of carbonyl (C=O) groups is 2. The van der Waals surface area contributed by atoms with Crippen molar-refractivity contribution in [3.05, 3.63) is 64.3 Å². The normalized spacial score (nSPS) is 10.6. The van der Waals surface area contributed by atoms with Crippen LogP contribution in [0, 0.1) is 5.82 Å². The highest BCUT2D eigenvalue weighted by Gasteiger charge is 2.15. The second kappa shape index (κ2) is 9.20. The second-order valence-electron chi connectivity index (χ2n) is 5.79. The molecular formula is C18H17FN4O4S. The van der Waals surface area contributed by atoms with Crippen molar-refractivity contribution in [1.29, 1.82) is 0 Å². The van der Waals surface area contributed by atoms with Crippen LogP contribution < -0.4 is 5.32 Å². The lowest BCUT2D eigenvalue weighted by atomic mass is 10.3. The van der Waals surface area contributed by atoms with Gasteiger partial charge in [-0.15, -0.1) is 10.2 Å². The number of rotatable bonds is 8. The van der Waals surface area contributed by atoms with Crippen molar-refractivity contribution in [2.45, 2.75) is 13.2 Å². The molecule has 0 bridgehead atoms. The Kier molecular flexibility index (Phi) is 6.45. The maximum Gasteiger partial charge on any atom is 0.286 e. The summed E-state index contributed by atoms with van der Waals surface area (Å²) in [5, 5.41) is 10.8. The summed E-state index contributed by atoms with van der Waals surface area (Å²) >= 11 is 1.04. The Labute approximate surface area is 163 Å². The number of amides is 2. The molecule has 8 nitrogen and oxygen atoms in total. The molecule has 0 saturated carbocycles. The van der Waals surface area contributed by atoms with Crippen LogP contribution in [0.2, 0.25) is 0 Å². The van der Waals surface area contributed by atoms with Crippen LogP contribution in [-0.4, -0.2) is 40.6 Å². The van der Waals surface area contributed by atoms with Gasteiger partial charge in [0, 0.05) is 12.7 Å². The van der Waals surface area contributed by atoms with E-state index in [4.69, 9.17) is 9.15 Å². The van der Waals surface area contributed by atoms with Gasteiger partial charge in [0.25, 0.3) is 5.91 Å². The predicted molar refractivity (Wildman–Crippen MR) is 99.1 cm³/mol. The Balaban J connectivity index is 1.45. The van der Waals surface area contributed by atoms with Gasteiger partial charge in [-0.1, -0.05) is 17.4 Å². The topological polar surface area (TPSA) is 97.6 Å². The van der Waals surface area contributed by atoms with Gasteiger partial charge in [-0.2, -0.15) is 0 Å². The first-order valence-corrected chi connectivity index (χ1v) is 9.06. The summed E-state index contributed by atoms with van der Waals surface area (Å²) in [5.74, 6) is -0.492. The van der Waals surface area contributed by atoms with Crippen molar-refractivity contribution in [2.75, 3.05) is 19.0 Å². The van der Waals surface area contributed by atoms with Gasteiger partial charge < -0.3 is 19.4 Å². The van der Waals surface area contributed by atoms with E-state index in [-0.39, 0.29) is 24.1 Å². The van der Waals surface area contributed by atoms with Crippen LogP contribution in [0.25, 0.3) is 0 Å². The van der Waals surface area contributed by atoms with E-state index in [1.54, 1.807) is 31.5 Å². The molecule has 1 N–H and O–H groups in total. The molecule has 0 spiro atoms. The van der Waals surface area contributed by atoms with Crippen molar-refractivity contribution in [1.82, 2.24) is 15.1 Å². The Hall–Kier alpha value is -3.11. The fourth-order valence-corrected chi connectivity index (χ4v) is 2.89. The number of aromatic nitrogens is 2.